The Bertz CT molecular complexity index is 2510. The van der Waals surface area contributed by atoms with Gasteiger partial charge in [0.25, 0.3) is 0 Å². The zero-order chi connectivity index (χ0) is 32.2. The molecule has 0 amide bonds. The number of aromatic nitrogens is 1. The molecule has 0 fully saturated rings. The zero-order valence-corrected chi connectivity index (χ0v) is 27.7. The first-order valence-corrected chi connectivity index (χ1v) is 16.5. The van der Waals surface area contributed by atoms with Gasteiger partial charge in [-0.1, -0.05) is 126 Å². The van der Waals surface area contributed by atoms with E-state index in [1.165, 1.54) is 32.7 Å². The van der Waals surface area contributed by atoms with Gasteiger partial charge in [-0.05, 0) is 46.2 Å². The Kier molecular flexibility index (Phi) is 5.73. The quantitative estimate of drug-likeness (QED) is 0.211. The van der Waals surface area contributed by atoms with Gasteiger partial charge in [-0.15, -0.1) is 0 Å². The van der Waals surface area contributed by atoms with E-state index in [4.69, 9.17) is 8.83 Å². The van der Waals surface area contributed by atoms with Crippen molar-refractivity contribution in [3.8, 4) is 22.3 Å². The predicted octanol–water partition coefficient (Wildman–Crippen LogP) is 13.0. The highest BCUT2D eigenvalue weighted by molar-refractivity contribution is 6.15. The summed E-state index contributed by atoms with van der Waals surface area (Å²) in [6.45, 7) is 13.5. The number of fused-ring (bicyclic) bond motifs is 9. The van der Waals surface area contributed by atoms with Crippen molar-refractivity contribution in [2.45, 2.75) is 52.4 Å². The highest BCUT2D eigenvalue weighted by Crippen LogP contribution is 2.43. The number of hydrogen-bond donors (Lipinski definition) is 1. The van der Waals surface area contributed by atoms with Crippen LogP contribution in [0.4, 0.5) is 0 Å². The van der Waals surface area contributed by atoms with Crippen LogP contribution in [0.1, 0.15) is 52.7 Å². The number of benzene rings is 6. The van der Waals surface area contributed by atoms with Crippen LogP contribution in [0, 0.1) is 0 Å². The summed E-state index contributed by atoms with van der Waals surface area (Å²) in [5.74, 6) is 0. The van der Waals surface area contributed by atoms with Crippen molar-refractivity contribution >= 4 is 65.7 Å². The van der Waals surface area contributed by atoms with E-state index < -0.39 is 0 Å². The van der Waals surface area contributed by atoms with E-state index in [2.05, 4.69) is 156 Å². The summed E-state index contributed by atoms with van der Waals surface area (Å²) in [6, 6.07) is 39.4. The van der Waals surface area contributed by atoms with E-state index in [9.17, 15) is 0 Å². The average molecular weight is 612 g/mol. The minimum absolute atomic E-state index is 0.0181. The smallest absolute Gasteiger partial charge is 0.143 e. The van der Waals surface area contributed by atoms with Crippen molar-refractivity contribution in [1.82, 2.24) is 4.98 Å². The lowest BCUT2D eigenvalue weighted by atomic mass is 9.86. The summed E-state index contributed by atoms with van der Waals surface area (Å²) in [6.07, 6.45) is 0. The summed E-state index contributed by atoms with van der Waals surface area (Å²) in [4.78, 5) is 3.65. The van der Waals surface area contributed by atoms with Gasteiger partial charge in [0.05, 0.1) is 0 Å². The number of nitrogens with one attached hydrogen (secondary N) is 1. The molecule has 3 nitrogen and oxygen atoms in total. The molecule has 0 atom stereocenters. The first-order chi connectivity index (χ1) is 22.6. The van der Waals surface area contributed by atoms with Crippen LogP contribution in [-0.4, -0.2) is 4.98 Å². The maximum Gasteiger partial charge on any atom is 0.143 e. The lowest BCUT2D eigenvalue weighted by Gasteiger charge is -2.18. The first kappa shape index (κ1) is 28.0. The maximum atomic E-state index is 6.73. The molecule has 47 heavy (non-hydrogen) atoms. The molecule has 0 spiro atoms. The molecule has 0 unspecified atom stereocenters. The van der Waals surface area contributed by atoms with Crippen molar-refractivity contribution in [3.05, 3.63) is 120 Å². The molecule has 0 aliphatic carbocycles. The van der Waals surface area contributed by atoms with Gasteiger partial charge in [0.15, 0.2) is 0 Å². The Morgan fingerprint density at radius 2 is 0.787 bits per heavy atom. The van der Waals surface area contributed by atoms with Crippen molar-refractivity contribution in [1.29, 1.82) is 0 Å². The molecule has 3 aromatic heterocycles. The lowest BCUT2D eigenvalue weighted by Crippen LogP contribution is -2.10. The van der Waals surface area contributed by atoms with E-state index in [-0.39, 0.29) is 10.8 Å². The molecule has 1 N–H and O–H groups in total. The molecule has 3 heterocycles. The minimum Gasteiger partial charge on any atom is -0.455 e. The fraction of sp³-hybridized carbons (Fsp3) is 0.182. The third-order valence-corrected chi connectivity index (χ3v) is 9.89. The standard InChI is InChI=1S/C44H37NO2/c1-43(2,3)35-17-9-15-31-29-13-7-11-27(39(29)46-41(31)35)25-19-21-37-33(23-25)34-24-26(20-22-38(34)45-37)28-12-8-14-30-32-16-10-18-36(44(4,5)6)42(32)47-40(28)30/h7-24,45H,1-6H3. The highest BCUT2D eigenvalue weighted by Gasteiger charge is 2.23. The molecule has 9 aromatic rings. The van der Waals surface area contributed by atoms with Crippen LogP contribution in [0.15, 0.2) is 118 Å². The Morgan fingerprint density at radius 1 is 0.404 bits per heavy atom. The Hall–Kier alpha value is -5.28. The second kappa shape index (κ2) is 9.62. The van der Waals surface area contributed by atoms with Crippen molar-refractivity contribution in [2.75, 3.05) is 0 Å². The number of rotatable bonds is 2. The van der Waals surface area contributed by atoms with E-state index in [1.807, 2.05) is 0 Å². The zero-order valence-electron chi connectivity index (χ0n) is 27.7. The van der Waals surface area contributed by atoms with Gasteiger partial charge in [-0.3, -0.25) is 0 Å². The fourth-order valence-corrected chi connectivity index (χ4v) is 7.51. The van der Waals surface area contributed by atoms with Gasteiger partial charge in [0, 0.05) is 65.6 Å². The molecule has 0 radical (unpaired) electrons. The minimum atomic E-state index is -0.0181. The fourth-order valence-electron chi connectivity index (χ4n) is 7.51. The van der Waals surface area contributed by atoms with E-state index in [1.54, 1.807) is 0 Å². The molecule has 3 heteroatoms. The second-order valence-electron chi connectivity index (χ2n) is 15.1. The predicted molar refractivity (Wildman–Crippen MR) is 199 cm³/mol. The molecular weight excluding hydrogens is 574 g/mol. The topological polar surface area (TPSA) is 42.1 Å². The van der Waals surface area contributed by atoms with Crippen LogP contribution in [0.25, 0.3) is 87.9 Å². The van der Waals surface area contributed by atoms with Crippen LogP contribution in [0.5, 0.6) is 0 Å². The van der Waals surface area contributed by atoms with Gasteiger partial charge in [0.2, 0.25) is 0 Å². The Labute approximate surface area is 273 Å². The summed E-state index contributed by atoms with van der Waals surface area (Å²) in [7, 11) is 0. The molecule has 0 bridgehead atoms. The molecule has 230 valence electrons. The normalized spacial score (nSPS) is 12.9. The van der Waals surface area contributed by atoms with Gasteiger partial charge < -0.3 is 13.8 Å². The maximum absolute atomic E-state index is 6.73. The molecule has 0 aliphatic rings. The van der Waals surface area contributed by atoms with Gasteiger partial charge in [0.1, 0.15) is 22.3 Å². The summed E-state index contributed by atoms with van der Waals surface area (Å²) in [5, 5.41) is 7.02. The second-order valence-corrected chi connectivity index (χ2v) is 15.1. The van der Waals surface area contributed by atoms with E-state index in [0.29, 0.717) is 0 Å². The van der Waals surface area contributed by atoms with Crippen LogP contribution >= 0.6 is 0 Å². The monoisotopic (exact) mass is 611 g/mol. The number of aromatic amines is 1. The SMILES string of the molecule is CC(C)(C)c1cccc2c1oc1c(-c3ccc4[nH]c5ccc(-c6cccc7c6oc6c(C(C)(C)C)cccc67)cc5c4c3)cccc12. The largest absolute Gasteiger partial charge is 0.455 e. The van der Waals surface area contributed by atoms with Crippen LogP contribution in [-0.2, 0) is 10.8 Å². The average Bonchev–Trinajstić information content (AvgIpc) is 3.74. The molecular formula is C44H37NO2. The Morgan fingerprint density at radius 3 is 1.19 bits per heavy atom. The Balaban J connectivity index is 1.23. The highest BCUT2D eigenvalue weighted by atomic mass is 16.3. The number of para-hydroxylation sites is 4. The summed E-state index contributed by atoms with van der Waals surface area (Å²) < 4.78 is 13.5. The van der Waals surface area contributed by atoms with Crippen molar-refractivity contribution in [2.24, 2.45) is 0 Å². The molecule has 0 saturated carbocycles. The molecule has 9 rings (SSSR count). The van der Waals surface area contributed by atoms with Gasteiger partial charge >= 0.3 is 0 Å². The van der Waals surface area contributed by atoms with Gasteiger partial charge in [-0.25, -0.2) is 0 Å². The molecule has 6 aromatic carbocycles. The number of hydrogen-bond acceptors (Lipinski definition) is 2. The molecule has 0 saturated heterocycles. The third-order valence-electron chi connectivity index (χ3n) is 9.89. The summed E-state index contributed by atoms with van der Waals surface area (Å²) >= 11 is 0. The lowest BCUT2D eigenvalue weighted by molar-refractivity contribution is 0.572. The van der Waals surface area contributed by atoms with E-state index >= 15 is 0 Å². The van der Waals surface area contributed by atoms with Crippen LogP contribution in [0.2, 0.25) is 0 Å². The molecule has 0 aliphatic heterocycles. The van der Waals surface area contributed by atoms with Crippen LogP contribution in [0.3, 0.4) is 0 Å². The first-order valence-electron chi connectivity index (χ1n) is 16.5. The van der Waals surface area contributed by atoms with Crippen LogP contribution < -0.4 is 0 Å². The summed E-state index contributed by atoms with van der Waals surface area (Å²) in [5.41, 5.74) is 13.0. The third kappa shape index (κ3) is 4.19. The van der Waals surface area contributed by atoms with E-state index in [0.717, 1.165) is 66.4 Å². The van der Waals surface area contributed by atoms with Crippen molar-refractivity contribution in [3.63, 3.8) is 0 Å². The number of H-pyrrole nitrogens is 1. The van der Waals surface area contributed by atoms with Crippen molar-refractivity contribution < 1.29 is 8.83 Å². The number of furan rings is 2. The van der Waals surface area contributed by atoms with Gasteiger partial charge in [-0.2, -0.15) is 0 Å².